The average molecular weight is 223 g/mol. The van der Waals surface area contributed by atoms with Crippen molar-refractivity contribution in [2.24, 2.45) is 0 Å². The molecule has 0 fully saturated rings. The lowest BCUT2D eigenvalue weighted by molar-refractivity contribution is 0.0936. The van der Waals surface area contributed by atoms with Gasteiger partial charge in [0.25, 0.3) is 5.91 Å². The highest BCUT2D eigenvalue weighted by Crippen LogP contribution is 2.19. The molecule has 82 valence electrons. The Bertz CT molecular complexity index is 338. The molecule has 1 aromatic rings. The third-order valence-electron chi connectivity index (χ3n) is 2.34. The van der Waals surface area contributed by atoms with Crippen molar-refractivity contribution in [3.05, 3.63) is 29.8 Å². The number of carbonyl (C=O) groups excluding carboxylic acids is 1. The van der Waals surface area contributed by atoms with Gasteiger partial charge in [-0.25, -0.2) is 0 Å². The summed E-state index contributed by atoms with van der Waals surface area (Å²) in [6.45, 7) is 4.07. The van der Waals surface area contributed by atoms with Gasteiger partial charge >= 0.3 is 0 Å². The van der Waals surface area contributed by atoms with E-state index in [1.807, 2.05) is 37.4 Å². The van der Waals surface area contributed by atoms with Gasteiger partial charge in [0, 0.05) is 10.9 Å². The van der Waals surface area contributed by atoms with Crippen LogP contribution in [0.5, 0.6) is 0 Å². The molecule has 2 nitrogen and oxygen atoms in total. The van der Waals surface area contributed by atoms with Gasteiger partial charge in [-0.15, -0.1) is 11.8 Å². The molecule has 0 radical (unpaired) electrons. The fourth-order valence-electron chi connectivity index (χ4n) is 1.24. The van der Waals surface area contributed by atoms with Crippen molar-refractivity contribution in [3.63, 3.8) is 0 Å². The summed E-state index contributed by atoms with van der Waals surface area (Å²) < 4.78 is 0. The average Bonchev–Trinajstić information content (AvgIpc) is 2.28. The zero-order chi connectivity index (χ0) is 11.3. The van der Waals surface area contributed by atoms with E-state index in [1.165, 1.54) is 0 Å². The normalized spacial score (nSPS) is 12.2. The predicted molar refractivity (Wildman–Crippen MR) is 65.4 cm³/mol. The Morgan fingerprint density at radius 1 is 1.47 bits per heavy atom. The topological polar surface area (TPSA) is 29.1 Å². The first-order valence-electron chi connectivity index (χ1n) is 5.13. The molecule has 0 bridgehead atoms. The third-order valence-corrected chi connectivity index (χ3v) is 3.14. The van der Waals surface area contributed by atoms with E-state index >= 15 is 0 Å². The minimum atomic E-state index is 0.0225. The maximum absolute atomic E-state index is 11.9. The van der Waals surface area contributed by atoms with E-state index in [9.17, 15) is 4.79 Å². The number of rotatable bonds is 4. The van der Waals surface area contributed by atoms with Gasteiger partial charge in [-0.3, -0.25) is 4.79 Å². The highest BCUT2D eigenvalue weighted by molar-refractivity contribution is 7.98. The maximum Gasteiger partial charge on any atom is 0.252 e. The Kier molecular flexibility index (Phi) is 4.69. The van der Waals surface area contributed by atoms with E-state index in [0.29, 0.717) is 0 Å². The van der Waals surface area contributed by atoms with Crippen molar-refractivity contribution >= 4 is 17.7 Å². The lowest BCUT2D eigenvalue weighted by Gasteiger charge is -2.12. The summed E-state index contributed by atoms with van der Waals surface area (Å²) >= 11 is 1.60. The molecule has 15 heavy (non-hydrogen) atoms. The molecular weight excluding hydrogens is 206 g/mol. The second kappa shape index (κ2) is 5.81. The summed E-state index contributed by atoms with van der Waals surface area (Å²) in [5.41, 5.74) is 0.769. The number of hydrogen-bond acceptors (Lipinski definition) is 2. The van der Waals surface area contributed by atoms with Gasteiger partial charge in [0.1, 0.15) is 0 Å². The molecule has 3 heteroatoms. The van der Waals surface area contributed by atoms with Gasteiger partial charge in [-0.05, 0) is 31.7 Å². The number of benzene rings is 1. The molecule has 1 aromatic carbocycles. The Morgan fingerprint density at radius 3 is 2.73 bits per heavy atom. The summed E-state index contributed by atoms with van der Waals surface area (Å²) in [6.07, 6.45) is 2.93. The largest absolute Gasteiger partial charge is 0.350 e. The number of nitrogens with one attached hydrogen (secondary N) is 1. The quantitative estimate of drug-likeness (QED) is 0.795. The summed E-state index contributed by atoms with van der Waals surface area (Å²) in [5.74, 6) is 0.0225. The molecule has 0 aromatic heterocycles. The summed E-state index contributed by atoms with van der Waals surface area (Å²) in [5, 5.41) is 2.97. The zero-order valence-corrected chi connectivity index (χ0v) is 10.2. The van der Waals surface area contributed by atoms with Gasteiger partial charge in [-0.2, -0.15) is 0 Å². The van der Waals surface area contributed by atoms with Crippen molar-refractivity contribution in [3.8, 4) is 0 Å². The molecule has 0 spiro atoms. The first-order chi connectivity index (χ1) is 7.19. The van der Waals surface area contributed by atoms with E-state index in [0.717, 1.165) is 16.9 Å². The molecule has 0 saturated heterocycles. The standard InChI is InChI=1S/C12H17NOS/c1-4-9(2)13-12(14)10-7-5-6-8-11(10)15-3/h5-9H,4H2,1-3H3,(H,13,14)/t9-/m0/s1. The number of carbonyl (C=O) groups is 1. The van der Waals surface area contributed by atoms with E-state index in [1.54, 1.807) is 11.8 Å². The van der Waals surface area contributed by atoms with Crippen LogP contribution in [0.2, 0.25) is 0 Å². The predicted octanol–water partition coefficient (Wildman–Crippen LogP) is 2.94. The number of amides is 1. The van der Waals surface area contributed by atoms with Crippen LogP contribution in [0.25, 0.3) is 0 Å². The van der Waals surface area contributed by atoms with Crippen LogP contribution in [-0.4, -0.2) is 18.2 Å². The van der Waals surface area contributed by atoms with Crippen LogP contribution in [0.15, 0.2) is 29.2 Å². The van der Waals surface area contributed by atoms with Crippen LogP contribution in [0, 0.1) is 0 Å². The second-order valence-corrected chi connectivity index (χ2v) is 4.33. The van der Waals surface area contributed by atoms with E-state index < -0.39 is 0 Å². The van der Waals surface area contributed by atoms with E-state index in [-0.39, 0.29) is 11.9 Å². The van der Waals surface area contributed by atoms with Crippen LogP contribution < -0.4 is 5.32 Å². The lowest BCUT2D eigenvalue weighted by Crippen LogP contribution is -2.32. The monoisotopic (exact) mass is 223 g/mol. The molecule has 0 aliphatic heterocycles. The molecule has 1 atom stereocenters. The van der Waals surface area contributed by atoms with Crippen LogP contribution in [0.3, 0.4) is 0 Å². The van der Waals surface area contributed by atoms with Gasteiger partial charge < -0.3 is 5.32 Å². The molecule has 0 saturated carbocycles. The second-order valence-electron chi connectivity index (χ2n) is 3.48. The molecule has 0 unspecified atom stereocenters. The van der Waals surface area contributed by atoms with Crippen LogP contribution in [0.4, 0.5) is 0 Å². The fraction of sp³-hybridized carbons (Fsp3) is 0.417. The molecular formula is C12H17NOS. The summed E-state index contributed by atoms with van der Waals surface area (Å²) in [4.78, 5) is 12.9. The SMILES string of the molecule is CC[C@H](C)NC(=O)c1ccccc1SC. The van der Waals surface area contributed by atoms with E-state index in [4.69, 9.17) is 0 Å². The Balaban J connectivity index is 2.81. The molecule has 1 amide bonds. The van der Waals surface area contributed by atoms with E-state index in [2.05, 4.69) is 12.2 Å². The van der Waals surface area contributed by atoms with Crippen molar-refractivity contribution in [1.82, 2.24) is 5.32 Å². The first kappa shape index (κ1) is 12.1. The molecule has 1 rings (SSSR count). The van der Waals surface area contributed by atoms with Crippen LogP contribution >= 0.6 is 11.8 Å². The number of thioether (sulfide) groups is 1. The first-order valence-corrected chi connectivity index (χ1v) is 6.35. The van der Waals surface area contributed by atoms with Gasteiger partial charge in [-0.1, -0.05) is 19.1 Å². The third kappa shape index (κ3) is 3.27. The molecule has 1 N–H and O–H groups in total. The summed E-state index contributed by atoms with van der Waals surface area (Å²) in [7, 11) is 0. The molecule has 0 heterocycles. The highest BCUT2D eigenvalue weighted by Gasteiger charge is 2.11. The van der Waals surface area contributed by atoms with Crippen LogP contribution in [0.1, 0.15) is 30.6 Å². The van der Waals surface area contributed by atoms with Gasteiger partial charge in [0.05, 0.1) is 5.56 Å². The molecule has 0 aliphatic carbocycles. The lowest BCUT2D eigenvalue weighted by atomic mass is 10.2. The van der Waals surface area contributed by atoms with Crippen molar-refractivity contribution in [1.29, 1.82) is 0 Å². The van der Waals surface area contributed by atoms with Gasteiger partial charge in [0.2, 0.25) is 0 Å². The Labute approximate surface area is 95.5 Å². The Morgan fingerprint density at radius 2 is 2.13 bits per heavy atom. The minimum absolute atomic E-state index is 0.0225. The molecule has 0 aliphatic rings. The van der Waals surface area contributed by atoms with Crippen molar-refractivity contribution in [2.75, 3.05) is 6.26 Å². The van der Waals surface area contributed by atoms with Crippen molar-refractivity contribution in [2.45, 2.75) is 31.2 Å². The summed E-state index contributed by atoms with van der Waals surface area (Å²) in [6, 6.07) is 7.91. The number of hydrogen-bond donors (Lipinski definition) is 1. The smallest absolute Gasteiger partial charge is 0.252 e. The zero-order valence-electron chi connectivity index (χ0n) is 9.41. The fourth-order valence-corrected chi connectivity index (χ4v) is 1.83. The van der Waals surface area contributed by atoms with Gasteiger partial charge in [0.15, 0.2) is 0 Å². The Hall–Kier alpha value is -0.960. The highest BCUT2D eigenvalue weighted by atomic mass is 32.2. The maximum atomic E-state index is 11.9. The minimum Gasteiger partial charge on any atom is -0.350 e. The van der Waals surface area contributed by atoms with Crippen LogP contribution in [-0.2, 0) is 0 Å². The van der Waals surface area contributed by atoms with Crippen molar-refractivity contribution < 1.29 is 4.79 Å².